The van der Waals surface area contributed by atoms with Gasteiger partial charge in [0.25, 0.3) is 0 Å². The minimum atomic E-state index is 0.382. The molecule has 0 amide bonds. The highest BCUT2D eigenvalue weighted by Crippen LogP contribution is 2.29. The maximum absolute atomic E-state index is 3.74. The van der Waals surface area contributed by atoms with Crippen molar-refractivity contribution in [3.8, 4) is 0 Å². The average molecular weight is 238 g/mol. The van der Waals surface area contributed by atoms with Gasteiger partial charge in [-0.2, -0.15) is 0 Å². The Balaban J connectivity index is 1.99. The molecular weight excluding hydrogens is 208 g/mol. The van der Waals surface area contributed by atoms with Crippen molar-refractivity contribution in [2.75, 3.05) is 13.1 Å². The fourth-order valence-corrected chi connectivity index (χ4v) is 3.39. The van der Waals surface area contributed by atoms with Crippen molar-refractivity contribution in [1.29, 1.82) is 0 Å². The lowest BCUT2D eigenvalue weighted by molar-refractivity contribution is 0.0424. The Bertz CT molecular complexity index is 238. The van der Waals surface area contributed by atoms with Crippen LogP contribution in [0.2, 0.25) is 0 Å². The SMILES string of the molecule is CC1CNC(C(C)(C)C)CN1C1CCCCC1. The maximum atomic E-state index is 3.74. The van der Waals surface area contributed by atoms with E-state index in [-0.39, 0.29) is 0 Å². The molecular formula is C15H30N2. The van der Waals surface area contributed by atoms with Crippen LogP contribution in [0, 0.1) is 5.41 Å². The predicted molar refractivity (Wildman–Crippen MR) is 74.3 cm³/mol. The van der Waals surface area contributed by atoms with Gasteiger partial charge in [0.05, 0.1) is 0 Å². The van der Waals surface area contributed by atoms with Crippen molar-refractivity contribution in [2.45, 2.75) is 77.9 Å². The minimum absolute atomic E-state index is 0.382. The van der Waals surface area contributed by atoms with Gasteiger partial charge in [0.2, 0.25) is 0 Å². The van der Waals surface area contributed by atoms with Gasteiger partial charge in [-0.05, 0) is 25.2 Å². The van der Waals surface area contributed by atoms with E-state index in [9.17, 15) is 0 Å². The fourth-order valence-electron chi connectivity index (χ4n) is 3.39. The Labute approximate surface area is 107 Å². The third kappa shape index (κ3) is 3.23. The molecule has 0 aromatic heterocycles. The van der Waals surface area contributed by atoms with Gasteiger partial charge >= 0.3 is 0 Å². The van der Waals surface area contributed by atoms with Gasteiger partial charge < -0.3 is 5.32 Å². The Kier molecular flexibility index (Phi) is 4.14. The van der Waals surface area contributed by atoms with Gasteiger partial charge in [-0.1, -0.05) is 40.0 Å². The lowest BCUT2D eigenvalue weighted by Crippen LogP contribution is -2.62. The van der Waals surface area contributed by atoms with Crippen LogP contribution in [0.3, 0.4) is 0 Å². The lowest BCUT2D eigenvalue weighted by atomic mass is 9.83. The summed E-state index contributed by atoms with van der Waals surface area (Å²) in [5.41, 5.74) is 0.382. The predicted octanol–water partition coefficient (Wildman–Crippen LogP) is 3.03. The maximum Gasteiger partial charge on any atom is 0.0244 e. The van der Waals surface area contributed by atoms with Crippen molar-refractivity contribution in [1.82, 2.24) is 10.2 Å². The lowest BCUT2D eigenvalue weighted by Gasteiger charge is -2.48. The number of piperazine rings is 1. The topological polar surface area (TPSA) is 15.3 Å². The van der Waals surface area contributed by atoms with Crippen LogP contribution in [0.1, 0.15) is 59.8 Å². The van der Waals surface area contributed by atoms with Crippen molar-refractivity contribution in [3.05, 3.63) is 0 Å². The molecule has 2 nitrogen and oxygen atoms in total. The van der Waals surface area contributed by atoms with E-state index in [0.717, 1.165) is 12.1 Å². The average Bonchev–Trinajstić information content (AvgIpc) is 2.29. The summed E-state index contributed by atoms with van der Waals surface area (Å²) in [7, 11) is 0. The highest BCUT2D eigenvalue weighted by molar-refractivity contribution is 4.93. The van der Waals surface area contributed by atoms with Crippen LogP contribution in [-0.2, 0) is 0 Å². The van der Waals surface area contributed by atoms with Gasteiger partial charge in [-0.25, -0.2) is 0 Å². The monoisotopic (exact) mass is 238 g/mol. The molecule has 1 saturated carbocycles. The number of nitrogens with zero attached hydrogens (tertiary/aromatic N) is 1. The summed E-state index contributed by atoms with van der Waals surface area (Å²) in [6.07, 6.45) is 7.21. The van der Waals surface area contributed by atoms with E-state index < -0.39 is 0 Å². The van der Waals surface area contributed by atoms with E-state index in [1.54, 1.807) is 0 Å². The number of rotatable bonds is 1. The molecule has 1 aliphatic carbocycles. The van der Waals surface area contributed by atoms with Crippen LogP contribution in [0.5, 0.6) is 0 Å². The molecule has 0 bridgehead atoms. The first kappa shape index (κ1) is 13.4. The molecule has 0 aromatic rings. The molecule has 2 heteroatoms. The second kappa shape index (κ2) is 5.27. The Hall–Kier alpha value is -0.0800. The van der Waals surface area contributed by atoms with E-state index >= 15 is 0 Å². The summed E-state index contributed by atoms with van der Waals surface area (Å²) >= 11 is 0. The van der Waals surface area contributed by atoms with Gasteiger partial charge in [0.15, 0.2) is 0 Å². The summed E-state index contributed by atoms with van der Waals surface area (Å²) in [4.78, 5) is 2.80. The molecule has 1 saturated heterocycles. The highest BCUT2D eigenvalue weighted by atomic mass is 15.3. The van der Waals surface area contributed by atoms with Crippen LogP contribution in [0.4, 0.5) is 0 Å². The van der Waals surface area contributed by atoms with Crippen LogP contribution in [0.15, 0.2) is 0 Å². The van der Waals surface area contributed by atoms with E-state index in [4.69, 9.17) is 0 Å². The molecule has 2 unspecified atom stereocenters. The van der Waals surface area contributed by atoms with E-state index in [1.165, 1.54) is 45.2 Å². The molecule has 17 heavy (non-hydrogen) atoms. The number of hydrogen-bond acceptors (Lipinski definition) is 2. The third-order valence-electron chi connectivity index (χ3n) is 4.71. The molecule has 0 radical (unpaired) electrons. The van der Waals surface area contributed by atoms with Crippen LogP contribution < -0.4 is 5.32 Å². The molecule has 1 aliphatic heterocycles. The van der Waals surface area contributed by atoms with Gasteiger partial charge in [0, 0.05) is 31.2 Å². The first-order valence-corrected chi connectivity index (χ1v) is 7.47. The van der Waals surface area contributed by atoms with Gasteiger partial charge in [0.1, 0.15) is 0 Å². The second-order valence-corrected chi connectivity index (χ2v) is 7.16. The zero-order valence-electron chi connectivity index (χ0n) is 12.1. The normalized spacial score (nSPS) is 33.9. The molecule has 2 atom stereocenters. The molecule has 0 aromatic carbocycles. The van der Waals surface area contributed by atoms with E-state index in [1.807, 2.05) is 0 Å². The molecule has 100 valence electrons. The van der Waals surface area contributed by atoms with Gasteiger partial charge in [-0.3, -0.25) is 4.90 Å². The number of hydrogen-bond donors (Lipinski definition) is 1. The zero-order valence-corrected chi connectivity index (χ0v) is 12.1. The smallest absolute Gasteiger partial charge is 0.0244 e. The number of nitrogens with one attached hydrogen (secondary N) is 1. The van der Waals surface area contributed by atoms with Crippen molar-refractivity contribution in [3.63, 3.8) is 0 Å². The van der Waals surface area contributed by atoms with Crippen molar-refractivity contribution in [2.24, 2.45) is 5.41 Å². The van der Waals surface area contributed by atoms with Crippen LogP contribution >= 0.6 is 0 Å². The standard InChI is InChI=1S/C15H30N2/c1-12-10-16-14(15(2,3)4)11-17(12)13-8-6-5-7-9-13/h12-14,16H,5-11H2,1-4H3. The Morgan fingerprint density at radius 1 is 1.06 bits per heavy atom. The summed E-state index contributed by atoms with van der Waals surface area (Å²) < 4.78 is 0. The fraction of sp³-hybridized carbons (Fsp3) is 1.00. The van der Waals surface area contributed by atoms with Crippen molar-refractivity contribution >= 4 is 0 Å². The first-order chi connectivity index (χ1) is 7.98. The third-order valence-corrected chi connectivity index (χ3v) is 4.71. The Morgan fingerprint density at radius 2 is 1.71 bits per heavy atom. The largest absolute Gasteiger partial charge is 0.311 e. The summed E-state index contributed by atoms with van der Waals surface area (Å²) in [5, 5.41) is 3.74. The molecule has 1 N–H and O–H groups in total. The molecule has 2 aliphatic rings. The quantitative estimate of drug-likeness (QED) is 0.755. The van der Waals surface area contributed by atoms with E-state index in [0.29, 0.717) is 11.5 Å². The summed E-state index contributed by atoms with van der Waals surface area (Å²) in [6.45, 7) is 11.9. The van der Waals surface area contributed by atoms with E-state index in [2.05, 4.69) is 37.9 Å². The second-order valence-electron chi connectivity index (χ2n) is 7.16. The molecule has 0 spiro atoms. The molecule has 1 heterocycles. The highest BCUT2D eigenvalue weighted by Gasteiger charge is 2.35. The Morgan fingerprint density at radius 3 is 2.29 bits per heavy atom. The first-order valence-electron chi connectivity index (χ1n) is 7.47. The summed E-state index contributed by atoms with van der Waals surface area (Å²) in [5.74, 6) is 0. The summed E-state index contributed by atoms with van der Waals surface area (Å²) in [6, 6.07) is 2.24. The van der Waals surface area contributed by atoms with Gasteiger partial charge in [-0.15, -0.1) is 0 Å². The van der Waals surface area contributed by atoms with Crippen molar-refractivity contribution < 1.29 is 0 Å². The van der Waals surface area contributed by atoms with Crippen LogP contribution in [-0.4, -0.2) is 36.1 Å². The molecule has 2 rings (SSSR count). The zero-order chi connectivity index (χ0) is 12.5. The van der Waals surface area contributed by atoms with Crippen LogP contribution in [0.25, 0.3) is 0 Å². The molecule has 2 fully saturated rings. The minimum Gasteiger partial charge on any atom is -0.311 e.